The van der Waals surface area contributed by atoms with Crippen molar-refractivity contribution in [1.82, 2.24) is 5.32 Å². The number of unbranched alkanes of at least 4 members (excludes halogenated alkanes) is 12. The number of hydrogen-bond donors (Lipinski definition) is 7. The zero-order chi connectivity index (χ0) is 26.3. The fourth-order valence-corrected chi connectivity index (χ4v) is 4.35. The van der Waals surface area contributed by atoms with Crippen LogP contribution in [0.15, 0.2) is 0 Å². The molecule has 6 atom stereocenters. The van der Waals surface area contributed by atoms with Crippen molar-refractivity contribution in [1.29, 1.82) is 0 Å². The molecule has 2 amide bonds. The largest absolute Gasteiger partial charge is 0.394 e. The molecule has 0 aromatic rings. The van der Waals surface area contributed by atoms with Crippen LogP contribution in [-0.4, -0.2) is 80.2 Å². The molecule has 0 radical (unpaired) electrons. The maximum Gasteiger partial charge on any atom is 0.286 e. The highest BCUT2D eigenvalue weighted by Crippen LogP contribution is 2.29. The van der Waals surface area contributed by atoms with Crippen molar-refractivity contribution in [2.45, 2.75) is 139 Å². The van der Waals surface area contributed by atoms with Gasteiger partial charge in [0.15, 0.2) is 0 Å². The van der Waals surface area contributed by atoms with Gasteiger partial charge in [-0.3, -0.25) is 14.9 Å². The third-order valence-electron chi connectivity index (χ3n) is 6.67. The number of hydrogen-bond acceptors (Lipinski definition) is 9. The first-order valence-electron chi connectivity index (χ1n) is 13.3. The minimum Gasteiger partial charge on any atom is -0.394 e. The zero-order valence-corrected chi connectivity index (χ0v) is 21.2. The Hall–Kier alpha value is -1.14. The summed E-state index contributed by atoms with van der Waals surface area (Å²) in [5.74, 6) is -4.35. The number of aliphatic hydroxyl groups is 5. The highest BCUT2D eigenvalue weighted by atomic mass is 16.6. The smallest absolute Gasteiger partial charge is 0.286 e. The van der Waals surface area contributed by atoms with Gasteiger partial charge in [-0.2, -0.15) is 0 Å². The fraction of sp³-hybridized carbons (Fsp3) is 0.920. The van der Waals surface area contributed by atoms with E-state index in [1.165, 1.54) is 57.8 Å². The maximum absolute atomic E-state index is 12.5. The highest BCUT2D eigenvalue weighted by Gasteiger charge is 2.52. The Balaban J connectivity index is 2.25. The van der Waals surface area contributed by atoms with Crippen LogP contribution in [0.2, 0.25) is 0 Å². The third-order valence-corrected chi connectivity index (χ3v) is 6.67. The number of amides is 2. The van der Waals surface area contributed by atoms with Gasteiger partial charge in [-0.25, -0.2) is 0 Å². The lowest BCUT2D eigenvalue weighted by molar-refractivity contribution is -0.284. The van der Waals surface area contributed by atoms with Crippen LogP contribution in [0.1, 0.15) is 103 Å². The van der Waals surface area contributed by atoms with E-state index < -0.39 is 61.1 Å². The van der Waals surface area contributed by atoms with Crippen molar-refractivity contribution in [3.8, 4) is 0 Å². The van der Waals surface area contributed by atoms with Crippen LogP contribution in [0.4, 0.5) is 0 Å². The fourth-order valence-electron chi connectivity index (χ4n) is 4.35. The van der Waals surface area contributed by atoms with Gasteiger partial charge in [0.05, 0.1) is 18.8 Å². The Morgan fingerprint density at radius 3 is 1.94 bits per heavy atom. The molecule has 10 nitrogen and oxygen atoms in total. The summed E-state index contributed by atoms with van der Waals surface area (Å²) in [6.07, 6.45) is 8.33. The van der Waals surface area contributed by atoms with Crippen molar-refractivity contribution in [2.75, 3.05) is 6.61 Å². The van der Waals surface area contributed by atoms with E-state index in [0.29, 0.717) is 6.42 Å². The first-order valence-corrected chi connectivity index (χ1v) is 13.3. The van der Waals surface area contributed by atoms with Crippen LogP contribution in [0, 0.1) is 0 Å². The molecule has 206 valence electrons. The van der Waals surface area contributed by atoms with E-state index in [-0.39, 0.29) is 6.42 Å². The van der Waals surface area contributed by atoms with Gasteiger partial charge in [0.1, 0.15) is 18.3 Å². The first kappa shape index (κ1) is 31.9. The Morgan fingerprint density at radius 1 is 0.971 bits per heavy atom. The average Bonchev–Trinajstić information content (AvgIpc) is 2.83. The van der Waals surface area contributed by atoms with Crippen molar-refractivity contribution in [3.63, 3.8) is 0 Å². The summed E-state index contributed by atoms with van der Waals surface area (Å²) in [5, 5.41) is 51.5. The van der Waals surface area contributed by atoms with Crippen LogP contribution in [0.3, 0.4) is 0 Å². The predicted octanol–water partition coefficient (Wildman–Crippen LogP) is 0.990. The normalized spacial score (nSPS) is 26.3. The lowest BCUT2D eigenvalue weighted by Crippen LogP contribution is -2.67. The van der Waals surface area contributed by atoms with Crippen molar-refractivity contribution in [2.24, 2.45) is 5.73 Å². The summed E-state index contributed by atoms with van der Waals surface area (Å²) in [4.78, 5) is 24.6. The van der Waals surface area contributed by atoms with Gasteiger partial charge >= 0.3 is 0 Å². The molecule has 0 aliphatic carbocycles. The third kappa shape index (κ3) is 11.6. The molecule has 0 aromatic heterocycles. The van der Waals surface area contributed by atoms with Gasteiger partial charge in [-0.1, -0.05) is 84.0 Å². The Bertz CT molecular complexity index is 608. The quantitative estimate of drug-likeness (QED) is 0.134. The van der Waals surface area contributed by atoms with Crippen molar-refractivity contribution < 1.29 is 39.9 Å². The van der Waals surface area contributed by atoms with Crippen LogP contribution >= 0.6 is 0 Å². The van der Waals surface area contributed by atoms with Crippen LogP contribution in [0.5, 0.6) is 0 Å². The number of nitrogens with one attached hydrogen (secondary N) is 1. The summed E-state index contributed by atoms with van der Waals surface area (Å²) in [7, 11) is 0. The number of ether oxygens (including phenoxy) is 1. The molecule has 1 aliphatic heterocycles. The van der Waals surface area contributed by atoms with Crippen molar-refractivity contribution >= 4 is 11.8 Å². The van der Waals surface area contributed by atoms with E-state index in [1.807, 2.05) is 0 Å². The van der Waals surface area contributed by atoms with E-state index in [0.717, 1.165) is 19.3 Å². The first-order chi connectivity index (χ1) is 16.7. The summed E-state index contributed by atoms with van der Waals surface area (Å²) in [6, 6.07) is -1.22. The van der Waals surface area contributed by atoms with Gasteiger partial charge in [0, 0.05) is 12.8 Å². The number of carbonyl (C=O) groups excluding carboxylic acids is 2. The molecular weight excluding hydrogens is 456 g/mol. The maximum atomic E-state index is 12.5. The Kier molecular flexibility index (Phi) is 15.8. The van der Waals surface area contributed by atoms with E-state index in [2.05, 4.69) is 12.2 Å². The topological polar surface area (TPSA) is 183 Å². The van der Waals surface area contributed by atoms with E-state index in [1.54, 1.807) is 0 Å². The molecule has 1 aliphatic rings. The molecule has 1 saturated heterocycles. The Labute approximate surface area is 209 Å². The molecule has 10 heteroatoms. The number of imide groups is 1. The van der Waals surface area contributed by atoms with Crippen LogP contribution in [-0.2, 0) is 14.3 Å². The number of nitrogens with two attached hydrogens (primary N) is 1. The molecule has 0 bridgehead atoms. The summed E-state index contributed by atoms with van der Waals surface area (Å²) >= 11 is 0. The highest BCUT2D eigenvalue weighted by molar-refractivity contribution is 5.98. The Morgan fingerprint density at radius 2 is 1.46 bits per heavy atom. The SMILES string of the molecule is CCCCCCCCCCCCCCCC(=O)NC(=O)[C@]1(O)C[C@H](O)[C@@H](N)[C@H]([C@H](O)[C@H](O)CO)O1. The minimum atomic E-state index is -2.61. The average molecular weight is 505 g/mol. The monoisotopic (exact) mass is 504 g/mol. The summed E-state index contributed by atoms with van der Waals surface area (Å²) in [5.41, 5.74) is 5.76. The van der Waals surface area contributed by atoms with E-state index in [4.69, 9.17) is 15.6 Å². The van der Waals surface area contributed by atoms with Gasteiger partial charge in [0.25, 0.3) is 11.7 Å². The minimum absolute atomic E-state index is 0.108. The number of aliphatic hydroxyl groups excluding tert-OH is 4. The van der Waals surface area contributed by atoms with Crippen LogP contribution in [0.25, 0.3) is 0 Å². The molecule has 0 aromatic carbocycles. The standard InChI is InChI=1S/C25H48N2O8/c1-2-3-4-5-6-7-8-9-10-11-12-13-14-15-20(31)27-24(33)25(34)16-18(29)21(26)23(35-25)22(32)19(30)17-28/h18-19,21-23,28-30,32,34H,2-17,26H2,1H3,(H,27,31,33)/t18-,19+,21+,22+,23+,25-/m0/s1. The van der Waals surface area contributed by atoms with Gasteiger partial charge in [-0.05, 0) is 6.42 Å². The van der Waals surface area contributed by atoms with Crippen LogP contribution < -0.4 is 11.1 Å². The van der Waals surface area contributed by atoms with Gasteiger partial charge in [0.2, 0.25) is 5.91 Å². The van der Waals surface area contributed by atoms with E-state index >= 15 is 0 Å². The number of carbonyl (C=O) groups is 2. The molecule has 1 rings (SSSR count). The molecule has 0 unspecified atom stereocenters. The van der Waals surface area contributed by atoms with Crippen molar-refractivity contribution in [3.05, 3.63) is 0 Å². The molecule has 1 fully saturated rings. The molecule has 0 spiro atoms. The molecule has 0 saturated carbocycles. The second-order valence-electron chi connectivity index (χ2n) is 9.83. The second kappa shape index (κ2) is 17.3. The molecule has 8 N–H and O–H groups in total. The zero-order valence-electron chi connectivity index (χ0n) is 21.2. The van der Waals surface area contributed by atoms with Gasteiger partial charge in [-0.15, -0.1) is 0 Å². The molecule has 35 heavy (non-hydrogen) atoms. The summed E-state index contributed by atoms with van der Waals surface area (Å²) < 4.78 is 5.21. The summed E-state index contributed by atoms with van der Waals surface area (Å²) in [6.45, 7) is 1.41. The lowest BCUT2D eigenvalue weighted by atomic mass is 9.89. The number of rotatable bonds is 18. The lowest BCUT2D eigenvalue weighted by Gasteiger charge is -2.44. The molecular formula is C25H48N2O8. The van der Waals surface area contributed by atoms with E-state index in [9.17, 15) is 30.0 Å². The second-order valence-corrected chi connectivity index (χ2v) is 9.83. The predicted molar refractivity (Wildman–Crippen MR) is 131 cm³/mol. The molecule has 1 heterocycles. The van der Waals surface area contributed by atoms with Gasteiger partial charge < -0.3 is 36.0 Å².